The third kappa shape index (κ3) is 2.81. The second-order valence-corrected chi connectivity index (χ2v) is 7.52. The number of H-pyrrole nitrogens is 1. The summed E-state index contributed by atoms with van der Waals surface area (Å²) in [5, 5.41) is 7.35. The second kappa shape index (κ2) is 5.83. The molecule has 0 saturated heterocycles. The van der Waals surface area contributed by atoms with Crippen LogP contribution in [-0.4, -0.2) is 26.0 Å². The first kappa shape index (κ1) is 16.6. The van der Waals surface area contributed by atoms with Gasteiger partial charge in [0.1, 0.15) is 5.52 Å². The van der Waals surface area contributed by atoms with Crippen molar-refractivity contribution in [1.82, 2.24) is 19.9 Å². The molecule has 1 aliphatic rings. The van der Waals surface area contributed by atoms with E-state index in [4.69, 9.17) is 0 Å². The highest BCUT2D eigenvalue weighted by Gasteiger charge is 2.34. The summed E-state index contributed by atoms with van der Waals surface area (Å²) in [5.41, 5.74) is 4.15. The van der Waals surface area contributed by atoms with Crippen LogP contribution < -0.4 is 10.9 Å². The van der Waals surface area contributed by atoms with E-state index < -0.39 is 0 Å². The maximum absolute atomic E-state index is 12.5. The van der Waals surface area contributed by atoms with E-state index in [9.17, 15) is 9.59 Å². The standard InChI is InChI=1S/C20H22N4O2/c1-12-5-6-14(9-13(12)2)16-11-24-17(19(26)21-16)10-15(23-24)18(25)22-20(3)7-4-8-20/h5-6,9-11H,4,7-8H2,1-3H3,(H,21,26)(H,22,25). The fourth-order valence-electron chi connectivity index (χ4n) is 3.34. The molecule has 1 saturated carbocycles. The van der Waals surface area contributed by atoms with Gasteiger partial charge in [0.25, 0.3) is 11.5 Å². The lowest BCUT2D eigenvalue weighted by atomic mass is 9.78. The van der Waals surface area contributed by atoms with Crippen molar-refractivity contribution in [3.63, 3.8) is 0 Å². The van der Waals surface area contributed by atoms with E-state index in [0.29, 0.717) is 11.2 Å². The SMILES string of the molecule is Cc1ccc(-c2cn3nc(C(=O)NC4(C)CCC4)cc3c(=O)[nH]2)cc1C. The largest absolute Gasteiger partial charge is 0.345 e. The van der Waals surface area contributed by atoms with Gasteiger partial charge in [-0.25, -0.2) is 4.52 Å². The summed E-state index contributed by atoms with van der Waals surface area (Å²) in [7, 11) is 0. The van der Waals surface area contributed by atoms with Crippen LogP contribution >= 0.6 is 0 Å². The molecule has 6 nitrogen and oxygen atoms in total. The zero-order valence-electron chi connectivity index (χ0n) is 15.2. The normalized spacial score (nSPS) is 15.7. The van der Waals surface area contributed by atoms with Crippen LogP contribution in [-0.2, 0) is 0 Å². The van der Waals surface area contributed by atoms with Crippen LogP contribution in [0.1, 0.15) is 47.8 Å². The second-order valence-electron chi connectivity index (χ2n) is 7.52. The third-order valence-corrected chi connectivity index (χ3v) is 5.39. The molecule has 2 N–H and O–H groups in total. The van der Waals surface area contributed by atoms with E-state index >= 15 is 0 Å². The summed E-state index contributed by atoms with van der Waals surface area (Å²) in [4.78, 5) is 27.8. The molecule has 2 aromatic heterocycles. The summed E-state index contributed by atoms with van der Waals surface area (Å²) < 4.78 is 1.49. The van der Waals surface area contributed by atoms with E-state index in [1.165, 1.54) is 10.1 Å². The average molecular weight is 350 g/mol. The fraction of sp³-hybridized carbons (Fsp3) is 0.350. The smallest absolute Gasteiger partial charge is 0.274 e. The lowest BCUT2D eigenvalue weighted by Gasteiger charge is -2.38. The van der Waals surface area contributed by atoms with Crippen LogP contribution in [0.4, 0.5) is 0 Å². The number of nitrogens with one attached hydrogen (secondary N) is 2. The first-order chi connectivity index (χ1) is 12.3. The predicted octanol–water partition coefficient (Wildman–Crippen LogP) is 2.98. The van der Waals surface area contributed by atoms with E-state index in [-0.39, 0.29) is 22.7 Å². The number of nitrogens with zero attached hydrogens (tertiary/aromatic N) is 2. The number of aromatic nitrogens is 3. The maximum atomic E-state index is 12.5. The van der Waals surface area contributed by atoms with Gasteiger partial charge in [0, 0.05) is 11.6 Å². The Bertz CT molecular complexity index is 1070. The van der Waals surface area contributed by atoms with Crippen LogP contribution in [0.25, 0.3) is 16.8 Å². The minimum Gasteiger partial charge on any atom is -0.345 e. The van der Waals surface area contributed by atoms with Gasteiger partial charge in [-0.05, 0) is 62.8 Å². The number of hydrogen-bond donors (Lipinski definition) is 2. The topological polar surface area (TPSA) is 79.3 Å². The molecule has 2 heterocycles. The van der Waals surface area contributed by atoms with E-state index in [1.807, 2.05) is 39.0 Å². The Morgan fingerprint density at radius 2 is 2.00 bits per heavy atom. The maximum Gasteiger partial charge on any atom is 0.274 e. The molecule has 3 aromatic rings. The van der Waals surface area contributed by atoms with Gasteiger partial charge in [-0.2, -0.15) is 5.10 Å². The number of hydrogen-bond acceptors (Lipinski definition) is 3. The molecule has 134 valence electrons. The number of carbonyl (C=O) groups excluding carboxylic acids is 1. The van der Waals surface area contributed by atoms with E-state index in [1.54, 1.807) is 12.3 Å². The number of rotatable bonds is 3. The highest BCUT2D eigenvalue weighted by molar-refractivity contribution is 5.94. The van der Waals surface area contributed by atoms with Gasteiger partial charge in [0.2, 0.25) is 0 Å². The summed E-state index contributed by atoms with van der Waals surface area (Å²) >= 11 is 0. The van der Waals surface area contributed by atoms with Crippen molar-refractivity contribution in [1.29, 1.82) is 0 Å². The Morgan fingerprint density at radius 3 is 2.65 bits per heavy atom. The lowest BCUT2D eigenvalue weighted by Crippen LogP contribution is -2.51. The van der Waals surface area contributed by atoms with Crippen molar-refractivity contribution in [3.05, 3.63) is 57.6 Å². The van der Waals surface area contributed by atoms with Gasteiger partial charge >= 0.3 is 0 Å². The number of carbonyl (C=O) groups is 1. The molecule has 0 atom stereocenters. The molecule has 1 aliphatic carbocycles. The number of fused-ring (bicyclic) bond motifs is 1. The fourth-order valence-corrected chi connectivity index (χ4v) is 3.34. The summed E-state index contributed by atoms with van der Waals surface area (Å²) in [6.45, 7) is 6.12. The Labute approximate surface area is 151 Å². The van der Waals surface area contributed by atoms with E-state index in [0.717, 1.165) is 30.4 Å². The first-order valence-corrected chi connectivity index (χ1v) is 8.87. The van der Waals surface area contributed by atoms with E-state index in [2.05, 4.69) is 15.4 Å². The molecule has 0 unspecified atom stereocenters. The van der Waals surface area contributed by atoms with Crippen molar-refractivity contribution in [2.24, 2.45) is 0 Å². The quantitative estimate of drug-likeness (QED) is 0.762. The summed E-state index contributed by atoms with van der Waals surface area (Å²) in [6, 6.07) is 7.56. The van der Waals surface area contributed by atoms with Crippen molar-refractivity contribution in [3.8, 4) is 11.3 Å². The third-order valence-electron chi connectivity index (χ3n) is 5.39. The van der Waals surface area contributed by atoms with Crippen molar-refractivity contribution >= 4 is 11.4 Å². The van der Waals surface area contributed by atoms with Gasteiger partial charge < -0.3 is 10.3 Å². The highest BCUT2D eigenvalue weighted by Crippen LogP contribution is 2.31. The molecule has 26 heavy (non-hydrogen) atoms. The van der Waals surface area contributed by atoms with Crippen LogP contribution in [0.5, 0.6) is 0 Å². The number of aromatic amines is 1. The molecular weight excluding hydrogens is 328 g/mol. The Hall–Kier alpha value is -2.89. The monoisotopic (exact) mass is 350 g/mol. The van der Waals surface area contributed by atoms with Crippen LogP contribution in [0.15, 0.2) is 35.3 Å². The van der Waals surface area contributed by atoms with Gasteiger partial charge in [0.05, 0.1) is 11.9 Å². The predicted molar refractivity (Wildman–Crippen MR) is 100 cm³/mol. The Kier molecular flexibility index (Phi) is 3.72. The first-order valence-electron chi connectivity index (χ1n) is 8.87. The molecule has 4 rings (SSSR count). The molecule has 0 spiro atoms. The van der Waals surface area contributed by atoms with Crippen LogP contribution in [0.2, 0.25) is 0 Å². The van der Waals surface area contributed by atoms with Crippen LogP contribution in [0, 0.1) is 13.8 Å². The van der Waals surface area contributed by atoms with Gasteiger partial charge in [-0.15, -0.1) is 0 Å². The molecular formula is C20H22N4O2. The summed E-state index contributed by atoms with van der Waals surface area (Å²) in [5.74, 6) is -0.233. The van der Waals surface area contributed by atoms with Gasteiger partial charge in [0.15, 0.2) is 5.69 Å². The highest BCUT2D eigenvalue weighted by atomic mass is 16.2. The van der Waals surface area contributed by atoms with Crippen molar-refractivity contribution in [2.75, 3.05) is 0 Å². The number of benzene rings is 1. The van der Waals surface area contributed by atoms with Gasteiger partial charge in [-0.3, -0.25) is 9.59 Å². The molecule has 0 bridgehead atoms. The zero-order valence-corrected chi connectivity index (χ0v) is 15.2. The Balaban J connectivity index is 1.72. The molecule has 0 aliphatic heterocycles. The lowest BCUT2D eigenvalue weighted by molar-refractivity contribution is 0.0845. The molecule has 1 amide bonds. The number of aryl methyl sites for hydroxylation is 2. The van der Waals surface area contributed by atoms with Crippen LogP contribution in [0.3, 0.4) is 0 Å². The van der Waals surface area contributed by atoms with Crippen molar-refractivity contribution < 1.29 is 4.79 Å². The van der Waals surface area contributed by atoms with Gasteiger partial charge in [-0.1, -0.05) is 12.1 Å². The Morgan fingerprint density at radius 1 is 1.23 bits per heavy atom. The molecule has 1 fully saturated rings. The number of amides is 1. The summed E-state index contributed by atoms with van der Waals surface area (Å²) in [6.07, 6.45) is 4.83. The molecule has 6 heteroatoms. The van der Waals surface area contributed by atoms with Crippen molar-refractivity contribution in [2.45, 2.75) is 45.6 Å². The molecule has 1 aromatic carbocycles. The minimum absolute atomic E-state index is 0.149. The minimum atomic E-state index is -0.262. The average Bonchev–Trinajstić information content (AvgIpc) is 3.01. The molecule has 0 radical (unpaired) electrons. The zero-order chi connectivity index (χ0) is 18.5.